The van der Waals surface area contributed by atoms with Crippen LogP contribution >= 0.6 is 0 Å². The SMILES string of the molecule is CC/C=C\C/C=C\C/C=C\C/C=C\CCC(=O)OC(COC(=O)CCCCCCCCCCCCCCCCCCC)COC1OC(C(=O)O)C(O)C(O)C1OC(=O)CCCCCCC/C=C\CCCCCCCC. The first kappa shape index (κ1) is 69.4. The predicted octanol–water partition coefficient (Wildman–Crippen LogP) is 15.6. The summed E-state index contributed by atoms with van der Waals surface area (Å²) in [7, 11) is 0. The van der Waals surface area contributed by atoms with E-state index in [1.807, 2.05) is 12.2 Å². The number of unbranched alkanes of at least 4 members (excludes halogenated alkanes) is 27. The van der Waals surface area contributed by atoms with Crippen molar-refractivity contribution in [1.29, 1.82) is 0 Å². The Labute approximate surface area is 456 Å². The molecule has 0 radical (unpaired) electrons. The standard InChI is InChI=1S/C63H108O12/c1-4-7-10-13-16-19-22-25-27-28-30-32-34-37-40-43-46-49-55(64)71-52-54(73-56(65)50-47-44-41-38-35-31-24-21-18-15-12-9-6-3)53-72-63-61(59(68)58(67)60(75-63)62(69)70)74-57(66)51-48-45-42-39-36-33-29-26-23-20-17-14-11-8-5-2/h9,12,18,21,26,29,31,35,41,44,54,58-61,63,67-68H,4-8,10-11,13-17,19-20,22-25,27-28,30,32-34,36-40,42-43,45-53H2,1-3H3,(H,69,70)/b12-9-,21-18-,29-26-,35-31-,44-41-. The van der Waals surface area contributed by atoms with E-state index in [2.05, 4.69) is 69.4 Å². The number of carboxylic acids is 1. The van der Waals surface area contributed by atoms with Gasteiger partial charge < -0.3 is 39.0 Å². The summed E-state index contributed by atoms with van der Waals surface area (Å²) in [5.41, 5.74) is 0. The van der Waals surface area contributed by atoms with Gasteiger partial charge in [0.25, 0.3) is 0 Å². The second-order valence-electron chi connectivity index (χ2n) is 20.6. The Balaban J connectivity index is 2.70. The number of hydrogen-bond donors (Lipinski definition) is 3. The quantitative estimate of drug-likeness (QED) is 0.0228. The average molecular weight is 1060 g/mol. The fraction of sp³-hybridized carbons (Fsp3) is 0.778. The van der Waals surface area contributed by atoms with Crippen LogP contribution in [0.1, 0.15) is 265 Å². The van der Waals surface area contributed by atoms with E-state index in [-0.39, 0.29) is 25.9 Å². The Hall–Kier alpha value is -3.58. The van der Waals surface area contributed by atoms with Gasteiger partial charge in [-0.25, -0.2) is 4.79 Å². The summed E-state index contributed by atoms with van der Waals surface area (Å²) in [6, 6.07) is 0. The van der Waals surface area contributed by atoms with E-state index < -0.39 is 67.3 Å². The van der Waals surface area contributed by atoms with Crippen molar-refractivity contribution in [3.63, 3.8) is 0 Å². The fourth-order valence-electron chi connectivity index (χ4n) is 8.97. The summed E-state index contributed by atoms with van der Waals surface area (Å²) >= 11 is 0. The molecule has 1 aliphatic heterocycles. The second-order valence-corrected chi connectivity index (χ2v) is 20.6. The van der Waals surface area contributed by atoms with Crippen molar-refractivity contribution in [1.82, 2.24) is 0 Å². The zero-order valence-electron chi connectivity index (χ0n) is 47.5. The van der Waals surface area contributed by atoms with Crippen LogP contribution < -0.4 is 0 Å². The van der Waals surface area contributed by atoms with Crippen LogP contribution in [0.25, 0.3) is 0 Å². The molecule has 12 heteroatoms. The van der Waals surface area contributed by atoms with Crippen molar-refractivity contribution in [3.05, 3.63) is 60.8 Å². The van der Waals surface area contributed by atoms with E-state index in [1.165, 1.54) is 122 Å². The lowest BCUT2D eigenvalue weighted by Gasteiger charge is -2.40. The normalized spacial score (nSPS) is 18.5. The van der Waals surface area contributed by atoms with E-state index in [4.69, 9.17) is 23.7 Å². The molecule has 0 aliphatic carbocycles. The van der Waals surface area contributed by atoms with Gasteiger partial charge in [-0.05, 0) is 70.6 Å². The van der Waals surface area contributed by atoms with E-state index in [9.17, 15) is 34.5 Å². The van der Waals surface area contributed by atoms with Crippen LogP contribution in [0.4, 0.5) is 0 Å². The average Bonchev–Trinajstić information content (AvgIpc) is 3.39. The highest BCUT2D eigenvalue weighted by Gasteiger charge is 2.50. The maximum atomic E-state index is 13.1. The molecule has 0 aromatic carbocycles. The number of esters is 3. The number of aliphatic hydroxyl groups is 2. The Morgan fingerprint density at radius 1 is 0.453 bits per heavy atom. The van der Waals surface area contributed by atoms with Gasteiger partial charge in [0, 0.05) is 19.3 Å². The molecule has 432 valence electrons. The molecule has 75 heavy (non-hydrogen) atoms. The highest BCUT2D eigenvalue weighted by atomic mass is 16.7. The minimum absolute atomic E-state index is 0.0421. The largest absolute Gasteiger partial charge is 0.479 e. The molecule has 1 rings (SSSR count). The molecule has 1 heterocycles. The third-order valence-corrected chi connectivity index (χ3v) is 13.6. The number of aliphatic hydroxyl groups excluding tert-OH is 2. The molecule has 0 aromatic heterocycles. The molecule has 0 saturated carbocycles. The van der Waals surface area contributed by atoms with Gasteiger partial charge in [0.15, 0.2) is 24.6 Å². The first-order chi connectivity index (χ1) is 36.6. The van der Waals surface area contributed by atoms with E-state index in [1.54, 1.807) is 0 Å². The van der Waals surface area contributed by atoms with Crippen molar-refractivity contribution in [2.24, 2.45) is 0 Å². The molecule has 6 unspecified atom stereocenters. The molecule has 3 N–H and O–H groups in total. The first-order valence-electron chi connectivity index (χ1n) is 30.3. The monoisotopic (exact) mass is 1060 g/mol. The summed E-state index contributed by atoms with van der Waals surface area (Å²) in [4.78, 5) is 51.1. The second kappa shape index (κ2) is 51.2. The van der Waals surface area contributed by atoms with Crippen molar-refractivity contribution >= 4 is 23.9 Å². The lowest BCUT2D eigenvalue weighted by Crippen LogP contribution is -2.61. The van der Waals surface area contributed by atoms with Gasteiger partial charge in [-0.1, -0.05) is 236 Å². The molecule has 1 fully saturated rings. The van der Waals surface area contributed by atoms with Crippen molar-refractivity contribution in [2.45, 2.75) is 302 Å². The molecule has 1 saturated heterocycles. The zero-order valence-corrected chi connectivity index (χ0v) is 47.5. The van der Waals surface area contributed by atoms with E-state index >= 15 is 0 Å². The summed E-state index contributed by atoms with van der Waals surface area (Å²) in [6.45, 7) is 5.82. The van der Waals surface area contributed by atoms with Gasteiger partial charge >= 0.3 is 23.9 Å². The van der Waals surface area contributed by atoms with Gasteiger partial charge in [-0.15, -0.1) is 0 Å². The maximum absolute atomic E-state index is 13.1. The molecule has 12 nitrogen and oxygen atoms in total. The van der Waals surface area contributed by atoms with Crippen LogP contribution in [0.5, 0.6) is 0 Å². The van der Waals surface area contributed by atoms with Crippen molar-refractivity contribution in [2.75, 3.05) is 13.2 Å². The zero-order chi connectivity index (χ0) is 54.7. The Morgan fingerprint density at radius 3 is 1.33 bits per heavy atom. The minimum atomic E-state index is -1.91. The van der Waals surface area contributed by atoms with E-state index in [0.29, 0.717) is 25.7 Å². The Morgan fingerprint density at radius 2 is 0.867 bits per heavy atom. The van der Waals surface area contributed by atoms with Gasteiger partial charge in [0.2, 0.25) is 0 Å². The number of rotatable bonds is 51. The number of allylic oxidation sites excluding steroid dienone is 10. The van der Waals surface area contributed by atoms with Crippen LogP contribution in [0.15, 0.2) is 60.8 Å². The molecular formula is C63H108O12. The van der Waals surface area contributed by atoms with Gasteiger partial charge in [-0.3, -0.25) is 14.4 Å². The summed E-state index contributed by atoms with van der Waals surface area (Å²) in [5.74, 6) is -3.23. The summed E-state index contributed by atoms with van der Waals surface area (Å²) in [6.07, 6.45) is 50.7. The molecular weight excluding hydrogens is 949 g/mol. The lowest BCUT2D eigenvalue weighted by molar-refractivity contribution is -0.301. The van der Waals surface area contributed by atoms with E-state index in [0.717, 1.165) is 77.0 Å². The van der Waals surface area contributed by atoms with Gasteiger partial charge in [-0.2, -0.15) is 0 Å². The maximum Gasteiger partial charge on any atom is 0.335 e. The Bertz CT molecular complexity index is 1540. The number of carboxylic acid groups (broad SMARTS) is 1. The summed E-state index contributed by atoms with van der Waals surface area (Å²) in [5, 5.41) is 31.5. The van der Waals surface area contributed by atoms with Crippen LogP contribution in [0.3, 0.4) is 0 Å². The topological polar surface area (TPSA) is 175 Å². The number of carbonyl (C=O) groups excluding carboxylic acids is 3. The minimum Gasteiger partial charge on any atom is -0.479 e. The molecule has 0 bridgehead atoms. The van der Waals surface area contributed by atoms with Crippen LogP contribution in [0, 0.1) is 0 Å². The molecule has 0 spiro atoms. The summed E-state index contributed by atoms with van der Waals surface area (Å²) < 4.78 is 28.3. The lowest BCUT2D eigenvalue weighted by atomic mass is 9.98. The Kier molecular flexibility index (Phi) is 47.4. The highest BCUT2D eigenvalue weighted by Crippen LogP contribution is 2.26. The van der Waals surface area contributed by atoms with Gasteiger partial charge in [0.1, 0.15) is 18.8 Å². The van der Waals surface area contributed by atoms with Gasteiger partial charge in [0.05, 0.1) is 6.61 Å². The highest BCUT2D eigenvalue weighted by molar-refractivity contribution is 5.74. The van der Waals surface area contributed by atoms with Crippen LogP contribution in [-0.4, -0.2) is 89.2 Å². The third-order valence-electron chi connectivity index (χ3n) is 13.6. The number of aliphatic carboxylic acids is 1. The van der Waals surface area contributed by atoms with Crippen LogP contribution in [-0.2, 0) is 42.9 Å². The molecule has 0 amide bonds. The van der Waals surface area contributed by atoms with Crippen molar-refractivity contribution in [3.8, 4) is 0 Å². The molecule has 6 atom stereocenters. The van der Waals surface area contributed by atoms with Crippen LogP contribution in [0.2, 0.25) is 0 Å². The predicted molar refractivity (Wildman–Crippen MR) is 303 cm³/mol. The molecule has 1 aliphatic rings. The number of carbonyl (C=O) groups is 4. The number of hydrogen-bond acceptors (Lipinski definition) is 11. The fourth-order valence-corrected chi connectivity index (χ4v) is 8.97. The first-order valence-corrected chi connectivity index (χ1v) is 30.3. The molecule has 0 aromatic rings. The number of ether oxygens (including phenoxy) is 5. The smallest absolute Gasteiger partial charge is 0.335 e. The van der Waals surface area contributed by atoms with Crippen molar-refractivity contribution < 1.29 is 58.2 Å². The third kappa shape index (κ3) is 41.2.